The standard InChI is InChI=1S/C35H56ClN5O8SSi/c1-33(2,3)47-31(42)39-16-13-23(14-17-39)30-38-21-27(46-30)24-19-29(37-20-25(24)36)41(32(43)48-34(4,5)6)26-15-18-40(50(10,44)45)22-28(26)49-51(11,12)35(7,8)9/h19-21,23,26,28H,13-18,22H2,1-12H3/t26-,28-/m1/s1. The number of oxazole rings is 1. The summed E-state index contributed by atoms with van der Waals surface area (Å²) in [6.45, 7) is 22.7. The molecule has 286 valence electrons. The van der Waals surface area contributed by atoms with Crippen LogP contribution in [0.2, 0.25) is 23.2 Å². The van der Waals surface area contributed by atoms with E-state index in [1.165, 1.54) is 21.7 Å². The monoisotopic (exact) mass is 769 g/mol. The van der Waals surface area contributed by atoms with Crippen molar-refractivity contribution in [2.24, 2.45) is 0 Å². The van der Waals surface area contributed by atoms with Crippen LogP contribution in [0.25, 0.3) is 11.3 Å². The van der Waals surface area contributed by atoms with Gasteiger partial charge in [0.05, 0.1) is 29.6 Å². The summed E-state index contributed by atoms with van der Waals surface area (Å²) in [4.78, 5) is 39.0. The molecule has 0 aromatic carbocycles. The molecule has 0 radical (unpaired) electrons. The van der Waals surface area contributed by atoms with E-state index in [2.05, 4.69) is 43.8 Å². The molecule has 2 aliphatic rings. The molecule has 0 saturated carbocycles. The second-order valence-corrected chi connectivity index (χ2v) is 24.2. The second-order valence-electron chi connectivity index (χ2n) is 17.1. The van der Waals surface area contributed by atoms with Crippen LogP contribution in [0.5, 0.6) is 0 Å². The van der Waals surface area contributed by atoms with E-state index >= 15 is 0 Å². The van der Waals surface area contributed by atoms with E-state index in [0.717, 1.165) is 0 Å². The van der Waals surface area contributed by atoms with E-state index in [-0.39, 0.29) is 36.0 Å². The van der Waals surface area contributed by atoms with Crippen LogP contribution in [0.15, 0.2) is 22.9 Å². The molecule has 0 bridgehead atoms. The van der Waals surface area contributed by atoms with Gasteiger partial charge < -0.3 is 23.2 Å². The van der Waals surface area contributed by atoms with Crippen molar-refractivity contribution in [3.05, 3.63) is 29.4 Å². The fraction of sp³-hybridized carbons (Fsp3) is 0.714. The molecule has 51 heavy (non-hydrogen) atoms. The van der Waals surface area contributed by atoms with Crippen molar-refractivity contribution in [1.29, 1.82) is 0 Å². The van der Waals surface area contributed by atoms with Crippen molar-refractivity contribution < 1.29 is 36.3 Å². The number of halogens is 1. The summed E-state index contributed by atoms with van der Waals surface area (Å²) in [6, 6.07) is 1.07. The van der Waals surface area contributed by atoms with Crippen LogP contribution in [-0.4, -0.2) is 104 Å². The highest BCUT2D eigenvalue weighted by Gasteiger charge is 2.47. The van der Waals surface area contributed by atoms with E-state index in [0.29, 0.717) is 54.6 Å². The third kappa shape index (κ3) is 10.5. The zero-order chi connectivity index (χ0) is 38.3. The van der Waals surface area contributed by atoms with Gasteiger partial charge in [-0.25, -0.2) is 28.0 Å². The normalized spacial score (nSPS) is 20.3. The zero-order valence-electron chi connectivity index (χ0n) is 32.2. The van der Waals surface area contributed by atoms with Gasteiger partial charge in [-0.15, -0.1) is 0 Å². The van der Waals surface area contributed by atoms with Crippen LogP contribution in [-0.2, 0) is 23.9 Å². The summed E-state index contributed by atoms with van der Waals surface area (Å²) in [7, 11) is -5.98. The van der Waals surface area contributed by atoms with Gasteiger partial charge in [-0.3, -0.25) is 4.90 Å². The minimum Gasteiger partial charge on any atom is -0.444 e. The summed E-state index contributed by atoms with van der Waals surface area (Å²) in [5, 5.41) is 0.121. The molecule has 13 nitrogen and oxygen atoms in total. The SMILES string of the molecule is CC(C)(C)OC(=O)N1CCC(c2ncc(-c3cc(N(C(=O)OC(C)(C)C)[C@@H]4CCN(S(C)(=O)=O)C[C@H]4O[Si](C)(C)C(C)(C)C)ncc3Cl)o2)CC1. The van der Waals surface area contributed by atoms with Crippen molar-refractivity contribution >= 4 is 47.9 Å². The Bertz CT molecular complexity index is 1670. The van der Waals surface area contributed by atoms with Gasteiger partial charge >= 0.3 is 12.2 Å². The number of carbonyl (C=O) groups excluding carboxylic acids is 2. The maximum atomic E-state index is 14.1. The van der Waals surface area contributed by atoms with Gasteiger partial charge in [0, 0.05) is 43.9 Å². The largest absolute Gasteiger partial charge is 0.444 e. The Hall–Kier alpha value is -2.72. The van der Waals surface area contributed by atoms with Crippen LogP contribution >= 0.6 is 11.6 Å². The summed E-state index contributed by atoms with van der Waals surface area (Å²) in [6.07, 6.45) is 4.22. The summed E-state index contributed by atoms with van der Waals surface area (Å²) < 4.78 is 51.5. The molecule has 0 N–H and O–H groups in total. The van der Waals surface area contributed by atoms with E-state index in [1.807, 2.05) is 20.8 Å². The topological polar surface area (TPSA) is 145 Å². The Balaban J connectivity index is 1.68. The third-order valence-corrected chi connectivity index (χ3v) is 15.6. The summed E-state index contributed by atoms with van der Waals surface area (Å²) in [5.41, 5.74) is -0.915. The van der Waals surface area contributed by atoms with E-state index < -0.39 is 47.8 Å². The Morgan fingerprint density at radius 1 is 0.941 bits per heavy atom. The lowest BCUT2D eigenvalue weighted by Gasteiger charge is -2.47. The Kier molecular flexibility index (Phi) is 12.0. The highest BCUT2D eigenvalue weighted by atomic mass is 35.5. The van der Waals surface area contributed by atoms with Crippen LogP contribution in [0.1, 0.15) is 93.4 Å². The Labute approximate surface area is 309 Å². The second kappa shape index (κ2) is 15.0. The lowest BCUT2D eigenvalue weighted by atomic mass is 9.97. The predicted octanol–water partition coefficient (Wildman–Crippen LogP) is 7.67. The van der Waals surface area contributed by atoms with Crippen LogP contribution in [0.4, 0.5) is 15.4 Å². The number of rotatable bonds is 7. The highest BCUT2D eigenvalue weighted by molar-refractivity contribution is 7.88. The van der Waals surface area contributed by atoms with Gasteiger partial charge in [0.2, 0.25) is 10.0 Å². The van der Waals surface area contributed by atoms with Gasteiger partial charge in [0.1, 0.15) is 17.0 Å². The maximum Gasteiger partial charge on any atom is 0.416 e. The number of anilines is 1. The molecule has 2 atom stereocenters. The van der Waals surface area contributed by atoms with Crippen molar-refractivity contribution in [2.75, 3.05) is 37.3 Å². The lowest BCUT2D eigenvalue weighted by molar-refractivity contribution is 0.0199. The molecular formula is C35H56ClN5O8SSi. The number of ether oxygens (including phenoxy) is 2. The lowest BCUT2D eigenvalue weighted by Crippen LogP contribution is -2.61. The van der Waals surface area contributed by atoms with Crippen molar-refractivity contribution in [3.63, 3.8) is 0 Å². The number of likely N-dealkylation sites (tertiary alicyclic amines) is 1. The van der Waals surface area contributed by atoms with Gasteiger partial charge in [0.25, 0.3) is 0 Å². The molecule has 2 fully saturated rings. The van der Waals surface area contributed by atoms with Crippen LogP contribution < -0.4 is 4.90 Å². The van der Waals surface area contributed by atoms with E-state index in [1.54, 1.807) is 37.9 Å². The van der Waals surface area contributed by atoms with E-state index in [9.17, 15) is 18.0 Å². The van der Waals surface area contributed by atoms with Crippen molar-refractivity contribution in [1.82, 2.24) is 19.2 Å². The number of hydrogen-bond donors (Lipinski definition) is 0. The molecular weight excluding hydrogens is 714 g/mol. The first-order valence-corrected chi connectivity index (χ1v) is 22.6. The zero-order valence-corrected chi connectivity index (χ0v) is 34.8. The smallest absolute Gasteiger partial charge is 0.416 e. The molecule has 0 unspecified atom stereocenters. The average molecular weight is 770 g/mol. The first kappa shape index (κ1) is 41.0. The minimum atomic E-state index is -3.53. The van der Waals surface area contributed by atoms with Crippen molar-refractivity contribution in [2.45, 2.75) is 129 Å². The number of sulfonamides is 1. The van der Waals surface area contributed by atoms with Gasteiger partial charge in [0.15, 0.2) is 20.0 Å². The third-order valence-electron chi connectivity index (χ3n) is 9.50. The van der Waals surface area contributed by atoms with Gasteiger partial charge in [-0.05, 0) is 85.0 Å². The highest BCUT2D eigenvalue weighted by Crippen LogP contribution is 2.41. The molecule has 2 aromatic rings. The number of aromatic nitrogens is 2. The minimum absolute atomic E-state index is 0.0101. The molecule has 2 saturated heterocycles. The number of hydrogen-bond acceptors (Lipinski definition) is 10. The fourth-order valence-corrected chi connectivity index (χ4v) is 8.23. The fourth-order valence-electron chi connectivity index (χ4n) is 5.84. The molecule has 2 aromatic heterocycles. The average Bonchev–Trinajstić information content (AvgIpc) is 3.46. The molecule has 4 heterocycles. The van der Waals surface area contributed by atoms with Gasteiger partial charge in [-0.1, -0.05) is 32.4 Å². The predicted molar refractivity (Wildman–Crippen MR) is 200 cm³/mol. The van der Waals surface area contributed by atoms with Gasteiger partial charge in [-0.2, -0.15) is 4.31 Å². The van der Waals surface area contributed by atoms with Crippen LogP contribution in [0.3, 0.4) is 0 Å². The Morgan fingerprint density at radius 3 is 2.10 bits per heavy atom. The quantitative estimate of drug-likeness (QED) is 0.257. The Morgan fingerprint density at radius 2 is 1.55 bits per heavy atom. The first-order chi connectivity index (χ1) is 23.3. The number of piperidine rings is 2. The molecule has 2 amide bonds. The molecule has 4 rings (SSSR count). The number of carbonyl (C=O) groups is 2. The molecule has 16 heteroatoms. The number of pyridine rings is 1. The number of nitrogens with zero attached hydrogens (tertiary/aromatic N) is 5. The maximum absolute atomic E-state index is 14.1. The molecule has 2 aliphatic heterocycles. The molecule has 0 spiro atoms. The van der Waals surface area contributed by atoms with Crippen LogP contribution in [0, 0.1) is 0 Å². The summed E-state index contributed by atoms with van der Waals surface area (Å²) in [5.74, 6) is 1.18. The summed E-state index contributed by atoms with van der Waals surface area (Å²) >= 11 is 6.71. The van der Waals surface area contributed by atoms with Crippen molar-refractivity contribution in [3.8, 4) is 11.3 Å². The first-order valence-electron chi connectivity index (χ1n) is 17.5. The van der Waals surface area contributed by atoms with E-state index in [4.69, 9.17) is 29.9 Å². The molecule has 0 aliphatic carbocycles. The number of amides is 2.